The molecule has 2 fully saturated rings. The molecule has 1 heterocycles. The van der Waals surface area contributed by atoms with E-state index in [4.69, 9.17) is 10.3 Å². The first-order valence-electron chi connectivity index (χ1n) is 7.70. The monoisotopic (exact) mass is 323 g/mol. The third-order valence-electron chi connectivity index (χ3n) is 5.16. The van der Waals surface area contributed by atoms with Crippen molar-refractivity contribution in [2.24, 2.45) is 17.6 Å². The highest BCUT2D eigenvalue weighted by atomic mass is 19.4. The minimum absolute atomic E-state index is 0.00330. The summed E-state index contributed by atoms with van der Waals surface area (Å²) in [6.45, 7) is 0. The van der Waals surface area contributed by atoms with Crippen molar-refractivity contribution in [1.82, 2.24) is 10.1 Å². The van der Waals surface area contributed by atoms with Crippen molar-refractivity contribution in [2.45, 2.75) is 37.4 Å². The van der Waals surface area contributed by atoms with E-state index in [9.17, 15) is 13.2 Å². The lowest BCUT2D eigenvalue weighted by Crippen LogP contribution is -2.34. The number of aromatic nitrogens is 2. The second-order valence-corrected chi connectivity index (χ2v) is 6.47. The number of halogens is 3. The summed E-state index contributed by atoms with van der Waals surface area (Å²) in [4.78, 5) is 4.33. The Morgan fingerprint density at radius 3 is 2.65 bits per heavy atom. The van der Waals surface area contributed by atoms with Crippen molar-refractivity contribution in [1.29, 1.82) is 0 Å². The molecular weight excluding hydrogens is 307 g/mol. The van der Waals surface area contributed by atoms with Crippen LogP contribution in [0, 0.1) is 11.8 Å². The van der Waals surface area contributed by atoms with E-state index in [1.54, 1.807) is 6.07 Å². The lowest BCUT2D eigenvalue weighted by atomic mass is 9.85. The normalized spacial score (nSPS) is 30.1. The van der Waals surface area contributed by atoms with Crippen molar-refractivity contribution in [3.63, 3.8) is 0 Å². The van der Waals surface area contributed by atoms with Crippen LogP contribution in [0.3, 0.4) is 0 Å². The molecule has 1 aromatic heterocycles. The van der Waals surface area contributed by atoms with Gasteiger partial charge in [-0.15, -0.1) is 0 Å². The Kier molecular flexibility index (Phi) is 3.23. The van der Waals surface area contributed by atoms with E-state index in [2.05, 4.69) is 10.1 Å². The molecule has 7 heteroatoms. The molecule has 4 nitrogen and oxygen atoms in total. The van der Waals surface area contributed by atoms with Gasteiger partial charge in [0.05, 0.1) is 11.5 Å². The van der Waals surface area contributed by atoms with Gasteiger partial charge < -0.3 is 10.3 Å². The summed E-state index contributed by atoms with van der Waals surface area (Å²) in [6.07, 6.45) is -1.08. The third kappa shape index (κ3) is 2.43. The van der Waals surface area contributed by atoms with Crippen LogP contribution in [0.4, 0.5) is 13.2 Å². The minimum atomic E-state index is -4.39. The maximum absolute atomic E-state index is 12.8. The van der Waals surface area contributed by atoms with Crippen LogP contribution < -0.4 is 5.73 Å². The van der Waals surface area contributed by atoms with E-state index in [1.807, 2.05) is 0 Å². The molecule has 0 aliphatic heterocycles. The van der Waals surface area contributed by atoms with E-state index in [-0.39, 0.29) is 17.8 Å². The van der Waals surface area contributed by atoms with Crippen LogP contribution in [0.5, 0.6) is 0 Å². The van der Waals surface area contributed by atoms with Crippen LogP contribution >= 0.6 is 0 Å². The average molecular weight is 323 g/mol. The summed E-state index contributed by atoms with van der Waals surface area (Å²) in [5.74, 6) is 1.61. The van der Waals surface area contributed by atoms with Crippen LogP contribution in [0.15, 0.2) is 28.8 Å². The first kappa shape index (κ1) is 14.7. The zero-order chi connectivity index (χ0) is 16.2. The molecule has 23 heavy (non-hydrogen) atoms. The molecule has 2 aliphatic carbocycles. The van der Waals surface area contributed by atoms with Gasteiger partial charge in [0.15, 0.2) is 0 Å². The molecule has 4 unspecified atom stereocenters. The van der Waals surface area contributed by atoms with Crippen LogP contribution in [0.2, 0.25) is 0 Å². The van der Waals surface area contributed by atoms with Crippen LogP contribution in [-0.2, 0) is 6.18 Å². The quantitative estimate of drug-likeness (QED) is 0.917. The molecule has 0 saturated heterocycles. The van der Waals surface area contributed by atoms with Gasteiger partial charge in [-0.2, -0.15) is 18.2 Å². The maximum atomic E-state index is 12.8. The molecule has 0 spiro atoms. The molecular formula is C16H16F3N3O. The summed E-state index contributed by atoms with van der Waals surface area (Å²) < 4.78 is 43.7. The van der Waals surface area contributed by atoms with Gasteiger partial charge in [0.25, 0.3) is 0 Å². The van der Waals surface area contributed by atoms with Crippen LogP contribution in [0.25, 0.3) is 11.4 Å². The van der Waals surface area contributed by atoms with Gasteiger partial charge in [-0.1, -0.05) is 17.3 Å². The molecule has 2 saturated carbocycles. The highest BCUT2D eigenvalue weighted by molar-refractivity contribution is 5.55. The predicted molar refractivity (Wildman–Crippen MR) is 76.3 cm³/mol. The molecule has 0 amide bonds. The van der Waals surface area contributed by atoms with Crippen LogP contribution in [0.1, 0.15) is 36.6 Å². The number of rotatable bonds is 2. The fourth-order valence-corrected chi connectivity index (χ4v) is 4.02. The summed E-state index contributed by atoms with van der Waals surface area (Å²) in [5.41, 5.74) is 5.82. The van der Waals surface area contributed by atoms with E-state index in [1.165, 1.54) is 6.07 Å². The van der Waals surface area contributed by atoms with Gasteiger partial charge >= 0.3 is 6.18 Å². The topological polar surface area (TPSA) is 64.9 Å². The molecule has 2 bridgehead atoms. The van der Waals surface area contributed by atoms with Crippen molar-refractivity contribution in [3.05, 3.63) is 35.7 Å². The minimum Gasteiger partial charge on any atom is -0.339 e. The number of alkyl halides is 3. The van der Waals surface area contributed by atoms with Crippen LogP contribution in [-0.4, -0.2) is 16.2 Å². The third-order valence-corrected chi connectivity index (χ3v) is 5.16. The van der Waals surface area contributed by atoms with Gasteiger partial charge in [0, 0.05) is 11.6 Å². The highest BCUT2D eigenvalue weighted by Gasteiger charge is 2.48. The lowest BCUT2D eigenvalue weighted by molar-refractivity contribution is -0.137. The lowest BCUT2D eigenvalue weighted by Gasteiger charge is -2.24. The summed E-state index contributed by atoms with van der Waals surface area (Å²) in [7, 11) is 0. The van der Waals surface area contributed by atoms with Gasteiger partial charge in [-0.3, -0.25) is 0 Å². The fourth-order valence-electron chi connectivity index (χ4n) is 4.02. The number of nitrogens with two attached hydrogens (primary N) is 1. The number of hydrogen-bond acceptors (Lipinski definition) is 4. The molecule has 2 aliphatic rings. The van der Waals surface area contributed by atoms with E-state index in [0.717, 1.165) is 31.4 Å². The first-order valence-corrected chi connectivity index (χ1v) is 7.70. The van der Waals surface area contributed by atoms with Crippen molar-refractivity contribution in [3.8, 4) is 11.4 Å². The van der Waals surface area contributed by atoms with Gasteiger partial charge in [-0.25, -0.2) is 0 Å². The average Bonchev–Trinajstić information content (AvgIpc) is 3.21. The largest absolute Gasteiger partial charge is 0.416 e. The second-order valence-electron chi connectivity index (χ2n) is 6.47. The number of nitrogens with zero attached hydrogens (tertiary/aromatic N) is 2. The SMILES string of the molecule is NC1C2CCC(C2)C1c1nc(-c2cccc(C(F)(F)F)c2)no1. The highest BCUT2D eigenvalue weighted by Crippen LogP contribution is 2.51. The Morgan fingerprint density at radius 1 is 1.17 bits per heavy atom. The Hall–Kier alpha value is -1.89. The fraction of sp³-hybridized carbons (Fsp3) is 0.500. The molecule has 4 atom stereocenters. The number of fused-ring (bicyclic) bond motifs is 2. The number of hydrogen-bond donors (Lipinski definition) is 1. The molecule has 4 rings (SSSR count). The maximum Gasteiger partial charge on any atom is 0.416 e. The van der Waals surface area contributed by atoms with Crippen molar-refractivity contribution in [2.75, 3.05) is 0 Å². The Morgan fingerprint density at radius 2 is 1.96 bits per heavy atom. The predicted octanol–water partition coefficient (Wildman–Crippen LogP) is 3.60. The van der Waals surface area contributed by atoms with E-state index >= 15 is 0 Å². The second kappa shape index (κ2) is 5.06. The molecule has 0 radical (unpaired) electrons. The molecule has 122 valence electrons. The Balaban J connectivity index is 1.64. The van der Waals surface area contributed by atoms with Gasteiger partial charge in [0.1, 0.15) is 0 Å². The summed E-state index contributed by atoms with van der Waals surface area (Å²) in [5, 5.41) is 3.86. The van der Waals surface area contributed by atoms with Crippen molar-refractivity contribution >= 4 is 0 Å². The van der Waals surface area contributed by atoms with Gasteiger partial charge in [0.2, 0.25) is 11.7 Å². The van der Waals surface area contributed by atoms with Gasteiger partial charge in [-0.05, 0) is 43.2 Å². The molecule has 2 aromatic rings. The van der Waals surface area contributed by atoms with E-state index < -0.39 is 11.7 Å². The first-order chi connectivity index (χ1) is 10.9. The smallest absolute Gasteiger partial charge is 0.339 e. The molecule has 1 aromatic carbocycles. The summed E-state index contributed by atoms with van der Waals surface area (Å²) in [6, 6.07) is 4.96. The Bertz CT molecular complexity index is 725. The number of benzene rings is 1. The van der Waals surface area contributed by atoms with Crippen molar-refractivity contribution < 1.29 is 17.7 Å². The standard InChI is InChI=1S/C16H16F3N3O/c17-16(18,19)11-3-1-2-10(7-11)14-21-15(23-22-14)12-8-4-5-9(6-8)13(12)20/h1-3,7-9,12-13H,4-6,20H2. The Labute approximate surface area is 130 Å². The molecule has 2 N–H and O–H groups in total. The summed E-state index contributed by atoms with van der Waals surface area (Å²) >= 11 is 0. The zero-order valence-corrected chi connectivity index (χ0v) is 12.3. The zero-order valence-electron chi connectivity index (χ0n) is 12.3. The van der Waals surface area contributed by atoms with E-state index in [0.29, 0.717) is 23.3 Å².